The molecule has 0 fully saturated rings. The predicted molar refractivity (Wildman–Crippen MR) is 323 cm³/mol. The highest BCUT2D eigenvalue weighted by molar-refractivity contribution is 7.78. The Balaban J connectivity index is 0.000000637. The average molecular weight is 1340 g/mol. The minimum atomic E-state index is -3.49. The van der Waals surface area contributed by atoms with E-state index in [9.17, 15) is 67.5 Å². The number of hydrogen-bond acceptors (Lipinski definition) is 10. The molecule has 0 spiro atoms. The minimum Gasteiger partial charge on any atom is -1.00 e. The van der Waals surface area contributed by atoms with Crippen molar-refractivity contribution in [1.29, 1.82) is 0 Å². The molecular formula is C65H73Cl2F11N2O9S. The van der Waals surface area contributed by atoms with Gasteiger partial charge in [0.1, 0.15) is 36.2 Å². The van der Waals surface area contributed by atoms with Crippen molar-refractivity contribution in [3.63, 3.8) is 0 Å². The first-order valence-corrected chi connectivity index (χ1v) is 28.0. The Morgan fingerprint density at radius 2 is 0.867 bits per heavy atom. The number of alkyl carbamates (subject to hydrolysis) is 1. The van der Waals surface area contributed by atoms with Crippen molar-refractivity contribution >= 4 is 54.0 Å². The van der Waals surface area contributed by atoms with Crippen LogP contribution in [0.3, 0.4) is 0 Å². The fraction of sp³-hybridized carbons (Fsp3) is 0.369. The molecule has 0 aliphatic carbocycles. The fourth-order valence-electron chi connectivity index (χ4n) is 7.36. The zero-order chi connectivity index (χ0) is 66.0. The fourth-order valence-corrected chi connectivity index (χ4v) is 7.48. The summed E-state index contributed by atoms with van der Waals surface area (Å²) in [6, 6.07) is 39.9. The summed E-state index contributed by atoms with van der Waals surface area (Å²) >= 11 is 4.52. The van der Waals surface area contributed by atoms with Crippen LogP contribution >= 0.6 is 24.6 Å². The summed E-state index contributed by atoms with van der Waals surface area (Å²) in [5.41, 5.74) is 6.60. The number of nitrogens with one attached hydrogen (secondary N) is 1. The lowest BCUT2D eigenvalue weighted by Crippen LogP contribution is -3.00. The maximum Gasteiger partial charge on any atom is 0.407 e. The number of benzene rings is 6. The third-order valence-corrected chi connectivity index (χ3v) is 12.9. The number of rotatable bonds is 23. The van der Waals surface area contributed by atoms with E-state index in [0.717, 1.165) is 0 Å². The number of thiocarbonyl (C=S) groups is 1. The normalized spacial score (nSPS) is 12.3. The molecule has 6 aromatic carbocycles. The van der Waals surface area contributed by atoms with Crippen molar-refractivity contribution in [2.24, 2.45) is 0 Å². The molecule has 0 aliphatic heterocycles. The number of hydrogen-bond donors (Lipinski definition) is 3. The molecule has 90 heavy (non-hydrogen) atoms. The van der Waals surface area contributed by atoms with Crippen molar-refractivity contribution in [1.82, 2.24) is 5.32 Å². The van der Waals surface area contributed by atoms with Gasteiger partial charge in [-0.05, 0) is 105 Å². The Morgan fingerprint density at radius 3 is 1.13 bits per heavy atom. The van der Waals surface area contributed by atoms with Crippen molar-refractivity contribution < 1.29 is 110 Å². The first kappa shape index (κ1) is 80.8. The molecule has 0 bridgehead atoms. The zero-order valence-electron chi connectivity index (χ0n) is 50.3. The average Bonchev–Trinajstić information content (AvgIpc) is 1.42. The largest absolute Gasteiger partial charge is 1.00 e. The number of ether oxygens (including phenoxy) is 4. The van der Waals surface area contributed by atoms with Crippen LogP contribution in [0.4, 0.5) is 53.1 Å². The number of amides is 1. The lowest BCUT2D eigenvalue weighted by atomic mass is 9.97. The van der Waals surface area contributed by atoms with Gasteiger partial charge in [-0.1, -0.05) is 147 Å². The zero-order valence-corrected chi connectivity index (χ0v) is 52.7. The standard InChI is InChI=1S/C23H26F3NO4.C20H19F3O2S.C18H18F3NO2.C4H8F2O.2ClH/c1-15(17-10-11-18(19(24)12-17)16-8-6-5-7-9-16)20(28)30-14-23(25,26)13-27-21(29)31-22(2,3)4;1-14(19(24)25-13-20(22,23)10-5-11-26)16-8-9-17(18(21)12-16)15-6-3-2-4-7-15;1-12(17(23)24-11-18(20,21)10-22)14-7-8-15(16(19)9-14)13-5-3-2-4-6-13;1-2-4(5,6)3-7;;/h5-12,15H,13-14H2,1-4H3,(H,27,29);2-4,6-9,11-12,14H,5,10,13H2,1H3;2-9,12H,10-11,22H2,1H3;7H,2-3H2,1H3;2*1H. The first-order chi connectivity index (χ1) is 41.2. The number of halogens is 13. The van der Waals surface area contributed by atoms with Gasteiger partial charge in [-0.15, -0.1) is 12.4 Å². The molecule has 1 amide bonds. The van der Waals surface area contributed by atoms with Gasteiger partial charge in [0.05, 0.1) is 24.3 Å². The highest BCUT2D eigenvalue weighted by Gasteiger charge is 2.35. The highest BCUT2D eigenvalue weighted by atomic mass is 35.5. The second-order valence-corrected chi connectivity index (χ2v) is 21.4. The van der Waals surface area contributed by atoms with E-state index in [0.29, 0.717) is 50.1 Å². The summed E-state index contributed by atoms with van der Waals surface area (Å²) in [5.74, 6) is -19.4. The van der Waals surface area contributed by atoms with Crippen molar-refractivity contribution in [2.75, 3.05) is 39.5 Å². The quantitative estimate of drug-likeness (QED) is 0.0243. The van der Waals surface area contributed by atoms with E-state index >= 15 is 0 Å². The number of carbonyl (C=O) groups excluding carboxylic acids is 4. The Labute approximate surface area is 534 Å². The van der Waals surface area contributed by atoms with Gasteiger partial charge in [0.25, 0.3) is 17.8 Å². The molecule has 0 saturated heterocycles. The monoisotopic (exact) mass is 1340 g/mol. The third kappa shape index (κ3) is 28.3. The van der Waals surface area contributed by atoms with Crippen LogP contribution in [0.2, 0.25) is 0 Å². The Kier molecular flexibility index (Phi) is 34.0. The van der Waals surface area contributed by atoms with Crippen LogP contribution in [0.5, 0.6) is 0 Å². The number of quaternary nitrogens is 1. The third-order valence-electron chi connectivity index (χ3n) is 12.7. The van der Waals surface area contributed by atoms with Gasteiger partial charge in [-0.2, -0.15) is 8.78 Å². The lowest BCUT2D eigenvalue weighted by Gasteiger charge is -2.22. The molecule has 11 nitrogen and oxygen atoms in total. The van der Waals surface area contributed by atoms with Gasteiger partial charge in [0.2, 0.25) is 0 Å². The second kappa shape index (κ2) is 37.9. The van der Waals surface area contributed by atoms with Gasteiger partial charge in [-0.3, -0.25) is 14.4 Å². The van der Waals surface area contributed by atoms with Gasteiger partial charge >= 0.3 is 29.9 Å². The van der Waals surface area contributed by atoms with Gasteiger partial charge in [-0.25, -0.2) is 44.3 Å². The maximum atomic E-state index is 14.5. The Bertz CT molecular complexity index is 3180. The van der Waals surface area contributed by atoms with Crippen LogP contribution in [0.25, 0.3) is 33.4 Å². The van der Waals surface area contributed by atoms with Crippen LogP contribution in [-0.4, -0.2) is 103 Å². The smallest absolute Gasteiger partial charge is 0.407 e. The summed E-state index contributed by atoms with van der Waals surface area (Å²) in [7, 11) is 0. The number of carbonyl (C=O) groups is 4. The van der Waals surface area contributed by atoms with E-state index in [-0.39, 0.29) is 37.7 Å². The van der Waals surface area contributed by atoms with Crippen LogP contribution in [0.1, 0.15) is 102 Å². The number of aliphatic hydroxyl groups excluding tert-OH is 1. The molecule has 0 heterocycles. The van der Waals surface area contributed by atoms with E-state index in [1.807, 2.05) is 23.5 Å². The summed E-state index contributed by atoms with van der Waals surface area (Å²) in [6.07, 6.45) is -1.70. The molecule has 3 unspecified atom stereocenters. The molecule has 3 atom stereocenters. The van der Waals surface area contributed by atoms with Crippen LogP contribution in [0.15, 0.2) is 146 Å². The molecule has 6 aromatic rings. The van der Waals surface area contributed by atoms with E-state index in [2.05, 4.69) is 22.7 Å². The van der Waals surface area contributed by atoms with Gasteiger partial charge in [0.15, 0.2) is 19.8 Å². The second-order valence-electron chi connectivity index (χ2n) is 21.1. The van der Waals surface area contributed by atoms with E-state index < -0.39 is 134 Å². The summed E-state index contributed by atoms with van der Waals surface area (Å²) in [5, 5.41) is 11.0. The first-order valence-electron chi connectivity index (χ1n) is 27.5. The molecule has 0 saturated carbocycles. The number of esters is 3. The molecule has 5 N–H and O–H groups in total. The van der Waals surface area contributed by atoms with E-state index in [1.54, 1.807) is 124 Å². The molecule has 6 rings (SSSR count). The molecule has 0 radical (unpaired) electrons. The van der Waals surface area contributed by atoms with Gasteiger partial charge < -0.3 is 47.5 Å². The predicted octanol–water partition coefficient (Wildman–Crippen LogP) is 12.3. The van der Waals surface area contributed by atoms with Crippen molar-refractivity contribution in [2.45, 2.75) is 115 Å². The molecular weight excluding hydrogens is 1260 g/mol. The van der Waals surface area contributed by atoms with Crippen molar-refractivity contribution in [3.8, 4) is 33.4 Å². The molecule has 25 heteroatoms. The minimum absolute atomic E-state index is 0. The summed E-state index contributed by atoms with van der Waals surface area (Å²) in [6.45, 7) is 4.55. The lowest BCUT2D eigenvalue weighted by molar-refractivity contribution is -0.409. The maximum absolute atomic E-state index is 14.5. The summed E-state index contributed by atoms with van der Waals surface area (Å²) in [4.78, 5) is 47.6. The van der Waals surface area contributed by atoms with Crippen molar-refractivity contribution in [3.05, 3.63) is 180 Å². The Morgan fingerprint density at radius 1 is 0.544 bits per heavy atom. The molecule has 494 valence electrons. The van der Waals surface area contributed by atoms with Gasteiger partial charge in [0, 0.05) is 29.5 Å². The number of alkyl halides is 8. The highest BCUT2D eigenvalue weighted by Crippen LogP contribution is 2.31. The molecule has 0 aliphatic rings. The van der Waals surface area contributed by atoms with Crippen LogP contribution in [-0.2, 0) is 33.3 Å². The topological polar surface area (TPSA) is 165 Å². The SMILES string of the molecule is CC(C(=O)OCC(F)(F)CCC=S)c1ccc(-c2ccccc2)c(F)c1.CC(C(=O)OCC(F)(F)CNC(=O)OC(C)(C)C)c1ccc(-c2ccccc2)c(F)c1.CC(C(=O)OCC(F)(F)C[NH3+])c1ccc(-c2ccccc2)c(F)c1.CCC(F)(F)CO.Cl.[Cl-]. The van der Waals surface area contributed by atoms with E-state index in [4.69, 9.17) is 19.3 Å². The van der Waals surface area contributed by atoms with E-state index in [1.165, 1.54) is 57.3 Å². The van der Waals surface area contributed by atoms with Crippen LogP contribution < -0.4 is 23.5 Å². The molecule has 0 aromatic heterocycles. The Hall–Kier alpha value is -7.18. The number of aliphatic hydroxyl groups is 1. The van der Waals surface area contributed by atoms with Crippen LogP contribution in [0, 0.1) is 17.5 Å². The summed E-state index contributed by atoms with van der Waals surface area (Å²) < 4.78 is 167.